The van der Waals surface area contributed by atoms with Crippen molar-refractivity contribution in [3.8, 4) is 0 Å². The Bertz CT molecular complexity index is 493. The van der Waals surface area contributed by atoms with E-state index in [1.54, 1.807) is 6.20 Å². The van der Waals surface area contributed by atoms with Crippen molar-refractivity contribution >= 4 is 11.0 Å². The Morgan fingerprint density at radius 1 is 1.13 bits per heavy atom. The molecule has 4 nitrogen and oxygen atoms in total. The van der Waals surface area contributed by atoms with Crippen molar-refractivity contribution in [2.75, 3.05) is 0 Å². The molecule has 3 aromatic heterocycles. The average Bonchev–Trinajstić information content (AvgIpc) is 2.92. The second-order valence-electron chi connectivity index (χ2n) is 3.11. The zero-order chi connectivity index (χ0) is 10.5. The van der Waals surface area contributed by atoms with Crippen LogP contribution in [0.2, 0.25) is 0 Å². The van der Waals surface area contributed by atoms with Gasteiger partial charge in [-0.2, -0.15) is 5.10 Å². The van der Waals surface area contributed by atoms with Gasteiger partial charge in [0.25, 0.3) is 0 Å². The van der Waals surface area contributed by atoms with Crippen LogP contribution in [0.4, 0.5) is 0 Å². The summed E-state index contributed by atoms with van der Waals surface area (Å²) in [7, 11) is 0. The SMILES string of the molecule is Cc1[nH]nc2ncccc12.c1cc[nH]c1. The molecule has 0 bridgehead atoms. The van der Waals surface area contributed by atoms with Crippen LogP contribution >= 0.6 is 0 Å². The summed E-state index contributed by atoms with van der Waals surface area (Å²) >= 11 is 0. The molecule has 3 aromatic rings. The van der Waals surface area contributed by atoms with E-state index >= 15 is 0 Å². The lowest BCUT2D eigenvalue weighted by Gasteiger charge is -1.83. The van der Waals surface area contributed by atoms with Crippen molar-refractivity contribution in [1.82, 2.24) is 20.2 Å². The summed E-state index contributed by atoms with van der Waals surface area (Å²) in [6.07, 6.45) is 5.49. The Labute approximate surface area is 87.4 Å². The van der Waals surface area contributed by atoms with Crippen LogP contribution in [0.15, 0.2) is 42.9 Å². The molecule has 0 amide bonds. The third kappa shape index (κ3) is 2.22. The number of hydrogen-bond acceptors (Lipinski definition) is 2. The summed E-state index contributed by atoms with van der Waals surface area (Å²) in [5.74, 6) is 0. The van der Waals surface area contributed by atoms with E-state index in [-0.39, 0.29) is 0 Å². The maximum absolute atomic E-state index is 4.06. The van der Waals surface area contributed by atoms with Gasteiger partial charge in [0.15, 0.2) is 5.65 Å². The van der Waals surface area contributed by atoms with Crippen LogP contribution in [0, 0.1) is 6.92 Å². The highest BCUT2D eigenvalue weighted by Gasteiger charge is 1.97. The van der Waals surface area contributed by atoms with Crippen LogP contribution in [0.3, 0.4) is 0 Å². The summed E-state index contributed by atoms with van der Waals surface area (Å²) in [6.45, 7) is 1.98. The van der Waals surface area contributed by atoms with E-state index in [2.05, 4.69) is 20.2 Å². The summed E-state index contributed by atoms with van der Waals surface area (Å²) in [5.41, 5.74) is 1.86. The van der Waals surface area contributed by atoms with Crippen LogP contribution < -0.4 is 0 Å². The Hall–Kier alpha value is -2.10. The van der Waals surface area contributed by atoms with Crippen LogP contribution in [0.25, 0.3) is 11.0 Å². The van der Waals surface area contributed by atoms with E-state index in [9.17, 15) is 0 Å². The Kier molecular flexibility index (Phi) is 2.78. The molecule has 15 heavy (non-hydrogen) atoms. The first-order valence-electron chi connectivity index (χ1n) is 4.71. The molecule has 4 heteroatoms. The molecule has 0 atom stereocenters. The fourth-order valence-electron chi connectivity index (χ4n) is 1.25. The van der Waals surface area contributed by atoms with Crippen molar-refractivity contribution in [3.63, 3.8) is 0 Å². The summed E-state index contributed by atoms with van der Waals surface area (Å²) < 4.78 is 0. The van der Waals surface area contributed by atoms with Gasteiger partial charge in [-0.25, -0.2) is 4.98 Å². The van der Waals surface area contributed by atoms with Gasteiger partial charge in [0.1, 0.15) is 0 Å². The van der Waals surface area contributed by atoms with Crippen molar-refractivity contribution < 1.29 is 0 Å². The number of nitrogens with zero attached hydrogens (tertiary/aromatic N) is 2. The minimum Gasteiger partial charge on any atom is -0.368 e. The number of aromatic amines is 2. The molecule has 76 valence electrons. The number of H-pyrrole nitrogens is 2. The van der Waals surface area contributed by atoms with Gasteiger partial charge in [0.2, 0.25) is 0 Å². The molecule has 0 unspecified atom stereocenters. The number of nitrogens with one attached hydrogen (secondary N) is 2. The van der Waals surface area contributed by atoms with E-state index in [1.807, 2.05) is 43.6 Å². The van der Waals surface area contributed by atoms with Gasteiger partial charge in [-0.05, 0) is 31.2 Å². The van der Waals surface area contributed by atoms with Crippen molar-refractivity contribution in [2.45, 2.75) is 6.92 Å². The predicted octanol–water partition coefficient (Wildman–Crippen LogP) is 2.28. The quantitative estimate of drug-likeness (QED) is 0.585. The number of fused-ring (bicyclic) bond motifs is 1. The van der Waals surface area contributed by atoms with Gasteiger partial charge in [0, 0.05) is 29.7 Å². The van der Waals surface area contributed by atoms with Crippen LogP contribution in [0.5, 0.6) is 0 Å². The molecule has 0 fully saturated rings. The summed E-state index contributed by atoms with van der Waals surface area (Å²) in [6, 6.07) is 7.80. The Morgan fingerprint density at radius 3 is 2.53 bits per heavy atom. The van der Waals surface area contributed by atoms with Gasteiger partial charge in [-0.15, -0.1) is 0 Å². The predicted molar refractivity (Wildman–Crippen MR) is 59.4 cm³/mol. The molecule has 0 saturated carbocycles. The first-order chi connectivity index (χ1) is 7.38. The van der Waals surface area contributed by atoms with Crippen molar-refractivity contribution in [3.05, 3.63) is 48.5 Å². The molecule has 3 rings (SSSR count). The highest BCUT2D eigenvalue weighted by molar-refractivity contribution is 5.76. The monoisotopic (exact) mass is 200 g/mol. The molecule has 0 spiro atoms. The number of rotatable bonds is 0. The molecule has 0 aliphatic rings. The fourth-order valence-corrected chi connectivity index (χ4v) is 1.25. The van der Waals surface area contributed by atoms with E-state index in [0.29, 0.717) is 0 Å². The van der Waals surface area contributed by atoms with Crippen LogP contribution in [-0.4, -0.2) is 20.2 Å². The maximum atomic E-state index is 4.06. The molecular weight excluding hydrogens is 188 g/mol. The molecular formula is C11H12N4. The standard InChI is InChI=1S/C7H7N3.C4H5N/c1-5-6-3-2-4-8-7(6)10-9-5;1-2-4-5-3-1/h2-4H,1H3,(H,8,9,10);1-5H. The topological polar surface area (TPSA) is 57.4 Å². The molecule has 0 aliphatic heterocycles. The highest BCUT2D eigenvalue weighted by atomic mass is 15.1. The van der Waals surface area contributed by atoms with Gasteiger partial charge >= 0.3 is 0 Å². The number of aryl methyl sites for hydroxylation is 1. The highest BCUT2D eigenvalue weighted by Crippen LogP contribution is 2.09. The second-order valence-corrected chi connectivity index (χ2v) is 3.11. The van der Waals surface area contributed by atoms with Gasteiger partial charge in [-0.1, -0.05) is 0 Å². The Morgan fingerprint density at radius 2 is 1.93 bits per heavy atom. The molecule has 0 radical (unpaired) electrons. The van der Waals surface area contributed by atoms with Gasteiger partial charge in [-0.3, -0.25) is 5.10 Å². The molecule has 2 N–H and O–H groups in total. The zero-order valence-corrected chi connectivity index (χ0v) is 8.44. The molecule has 0 aliphatic carbocycles. The Balaban J connectivity index is 0.000000144. The lowest BCUT2D eigenvalue weighted by atomic mass is 10.3. The third-order valence-electron chi connectivity index (χ3n) is 2.02. The number of hydrogen-bond donors (Lipinski definition) is 2. The van der Waals surface area contributed by atoms with E-state index in [4.69, 9.17) is 0 Å². The summed E-state index contributed by atoms with van der Waals surface area (Å²) in [4.78, 5) is 6.92. The smallest absolute Gasteiger partial charge is 0.181 e. The second kappa shape index (κ2) is 4.41. The minimum atomic E-state index is 0.792. The van der Waals surface area contributed by atoms with Gasteiger partial charge in [0.05, 0.1) is 0 Å². The molecule has 0 aromatic carbocycles. The van der Waals surface area contributed by atoms with E-state index < -0.39 is 0 Å². The van der Waals surface area contributed by atoms with E-state index in [0.717, 1.165) is 16.7 Å². The average molecular weight is 200 g/mol. The van der Waals surface area contributed by atoms with Crippen LogP contribution in [0.1, 0.15) is 5.69 Å². The van der Waals surface area contributed by atoms with Crippen LogP contribution in [-0.2, 0) is 0 Å². The minimum absolute atomic E-state index is 0.792. The lowest BCUT2D eigenvalue weighted by molar-refractivity contribution is 1.05. The van der Waals surface area contributed by atoms with Crippen molar-refractivity contribution in [1.29, 1.82) is 0 Å². The normalized spacial score (nSPS) is 9.67. The molecule has 0 saturated heterocycles. The first kappa shape index (κ1) is 9.45. The lowest BCUT2D eigenvalue weighted by Crippen LogP contribution is -1.72. The van der Waals surface area contributed by atoms with E-state index in [1.165, 1.54) is 0 Å². The number of aromatic nitrogens is 4. The largest absolute Gasteiger partial charge is 0.368 e. The summed E-state index contributed by atoms with van der Waals surface area (Å²) in [5, 5.41) is 7.95. The number of pyridine rings is 1. The maximum Gasteiger partial charge on any atom is 0.181 e. The molecule has 3 heterocycles. The van der Waals surface area contributed by atoms with Crippen molar-refractivity contribution in [2.24, 2.45) is 0 Å². The van der Waals surface area contributed by atoms with Gasteiger partial charge < -0.3 is 4.98 Å². The zero-order valence-electron chi connectivity index (χ0n) is 8.44. The first-order valence-corrected chi connectivity index (χ1v) is 4.71. The third-order valence-corrected chi connectivity index (χ3v) is 2.02. The fraction of sp³-hybridized carbons (Fsp3) is 0.0909.